The van der Waals surface area contributed by atoms with Crippen molar-refractivity contribution < 1.29 is 13.2 Å². The minimum atomic E-state index is -3.43. The van der Waals surface area contributed by atoms with Crippen LogP contribution in [0.4, 0.5) is 0 Å². The van der Waals surface area contributed by atoms with E-state index in [1.807, 2.05) is 19.2 Å². The van der Waals surface area contributed by atoms with Gasteiger partial charge in [-0.2, -0.15) is 22.1 Å². The zero-order chi connectivity index (χ0) is 15.3. The van der Waals surface area contributed by atoms with Crippen molar-refractivity contribution in [3.05, 3.63) is 18.5 Å². The Hall–Kier alpha value is -0.960. The first-order valence-corrected chi connectivity index (χ1v) is 8.72. The number of likely N-dealkylation sites (N-methyl/N-ethyl adjacent to an activating group) is 1. The second kappa shape index (κ2) is 7.35. The van der Waals surface area contributed by atoms with Gasteiger partial charge >= 0.3 is 0 Å². The summed E-state index contributed by atoms with van der Waals surface area (Å²) in [5.74, 6) is 0. The summed E-state index contributed by atoms with van der Waals surface area (Å²) >= 11 is 0. The molecule has 0 bridgehead atoms. The average molecular weight is 316 g/mol. The molecule has 1 fully saturated rings. The number of rotatable bonds is 8. The molecule has 7 nitrogen and oxygen atoms in total. The minimum absolute atomic E-state index is 0.0428. The van der Waals surface area contributed by atoms with Gasteiger partial charge in [0.15, 0.2) is 0 Å². The highest BCUT2D eigenvalue weighted by Crippen LogP contribution is 2.23. The van der Waals surface area contributed by atoms with Crippen molar-refractivity contribution in [3.63, 3.8) is 0 Å². The molecule has 0 aromatic carbocycles. The predicted octanol–water partition coefficient (Wildman–Crippen LogP) is 0.561. The summed E-state index contributed by atoms with van der Waals surface area (Å²) < 4.78 is 35.5. The number of methoxy groups -OCH3 is 1. The number of hydrogen-bond donors (Lipinski definition) is 0. The maximum Gasteiger partial charge on any atom is 0.282 e. The molecular formula is C13H24N4O3S. The molecule has 1 unspecified atom stereocenters. The molecule has 1 aliphatic heterocycles. The van der Waals surface area contributed by atoms with Gasteiger partial charge in [0.1, 0.15) is 0 Å². The van der Waals surface area contributed by atoms with Crippen LogP contribution in [0, 0.1) is 0 Å². The van der Waals surface area contributed by atoms with E-state index in [4.69, 9.17) is 4.74 Å². The number of nitrogens with zero attached hydrogens (tertiary/aromatic N) is 4. The Bertz CT molecular complexity index is 518. The van der Waals surface area contributed by atoms with Crippen molar-refractivity contribution in [1.82, 2.24) is 18.4 Å². The van der Waals surface area contributed by atoms with Crippen LogP contribution in [0.2, 0.25) is 0 Å². The highest BCUT2D eigenvalue weighted by molar-refractivity contribution is 7.86. The predicted molar refractivity (Wildman–Crippen MR) is 80.0 cm³/mol. The summed E-state index contributed by atoms with van der Waals surface area (Å²) in [6.45, 7) is 4.34. The van der Waals surface area contributed by atoms with Gasteiger partial charge in [-0.05, 0) is 18.9 Å². The molecule has 0 aliphatic carbocycles. The van der Waals surface area contributed by atoms with Crippen LogP contribution >= 0.6 is 0 Å². The van der Waals surface area contributed by atoms with E-state index >= 15 is 0 Å². The first kappa shape index (κ1) is 16.4. The molecule has 2 heterocycles. The van der Waals surface area contributed by atoms with Crippen LogP contribution in [0.15, 0.2) is 18.5 Å². The summed E-state index contributed by atoms with van der Waals surface area (Å²) in [5, 5.41) is 4.11. The van der Waals surface area contributed by atoms with Crippen molar-refractivity contribution in [2.75, 3.05) is 33.4 Å². The Morgan fingerprint density at radius 1 is 1.48 bits per heavy atom. The van der Waals surface area contributed by atoms with Crippen LogP contribution in [-0.2, 0) is 21.5 Å². The van der Waals surface area contributed by atoms with E-state index in [0.717, 1.165) is 12.8 Å². The summed E-state index contributed by atoms with van der Waals surface area (Å²) in [4.78, 5) is 0. The second-order valence-electron chi connectivity index (χ2n) is 5.13. The largest absolute Gasteiger partial charge is 0.383 e. The van der Waals surface area contributed by atoms with Crippen molar-refractivity contribution >= 4 is 10.2 Å². The van der Waals surface area contributed by atoms with Gasteiger partial charge in [0, 0.05) is 45.2 Å². The maximum absolute atomic E-state index is 12.8. The quantitative estimate of drug-likeness (QED) is 0.703. The van der Waals surface area contributed by atoms with Crippen molar-refractivity contribution in [2.45, 2.75) is 32.4 Å². The molecule has 8 heteroatoms. The van der Waals surface area contributed by atoms with Gasteiger partial charge in [0.05, 0.1) is 13.2 Å². The third kappa shape index (κ3) is 3.82. The van der Waals surface area contributed by atoms with Gasteiger partial charge in [0.2, 0.25) is 0 Å². The fourth-order valence-electron chi connectivity index (χ4n) is 2.70. The maximum atomic E-state index is 12.8. The van der Waals surface area contributed by atoms with Gasteiger partial charge in [-0.1, -0.05) is 6.92 Å². The standard InChI is InChI=1S/C13H24N4O3S/c1-3-16(11-10-15-8-5-7-14-15)21(18,19)17-9-4-6-13(17)12-20-2/h5,7-8,13H,3-4,6,9-12H2,1-2H3. The lowest BCUT2D eigenvalue weighted by atomic mass is 10.2. The van der Waals surface area contributed by atoms with E-state index in [0.29, 0.717) is 32.8 Å². The SMILES string of the molecule is CCN(CCn1cccn1)S(=O)(=O)N1CCCC1COC. The number of aromatic nitrogens is 2. The summed E-state index contributed by atoms with van der Waals surface area (Å²) in [7, 11) is -1.82. The van der Waals surface area contributed by atoms with Crippen molar-refractivity contribution in [3.8, 4) is 0 Å². The smallest absolute Gasteiger partial charge is 0.282 e. The number of ether oxygens (including phenoxy) is 1. The average Bonchev–Trinajstić information content (AvgIpc) is 3.10. The lowest BCUT2D eigenvalue weighted by Crippen LogP contribution is -2.48. The Morgan fingerprint density at radius 2 is 2.29 bits per heavy atom. The van der Waals surface area contributed by atoms with Gasteiger partial charge in [-0.15, -0.1) is 0 Å². The van der Waals surface area contributed by atoms with Crippen molar-refractivity contribution in [1.29, 1.82) is 0 Å². The lowest BCUT2D eigenvalue weighted by molar-refractivity contribution is 0.145. The molecule has 1 aromatic rings. The molecule has 0 N–H and O–H groups in total. The van der Waals surface area contributed by atoms with Crippen molar-refractivity contribution in [2.24, 2.45) is 0 Å². The molecule has 0 radical (unpaired) electrons. The van der Waals surface area contributed by atoms with Gasteiger partial charge < -0.3 is 4.74 Å². The molecule has 0 spiro atoms. The van der Waals surface area contributed by atoms with Gasteiger partial charge in [0.25, 0.3) is 10.2 Å². The molecule has 1 saturated heterocycles. The third-order valence-electron chi connectivity index (χ3n) is 3.80. The van der Waals surface area contributed by atoms with Crippen LogP contribution in [0.3, 0.4) is 0 Å². The van der Waals surface area contributed by atoms with Crippen LogP contribution in [-0.4, -0.2) is 66.2 Å². The third-order valence-corrected chi connectivity index (χ3v) is 5.96. The van der Waals surface area contributed by atoms with Gasteiger partial charge in [-0.25, -0.2) is 0 Å². The Balaban J connectivity index is 2.04. The van der Waals surface area contributed by atoms with Crippen LogP contribution in [0.5, 0.6) is 0 Å². The summed E-state index contributed by atoms with van der Waals surface area (Å²) in [6.07, 6.45) is 5.29. The summed E-state index contributed by atoms with van der Waals surface area (Å²) in [6, 6.07) is 1.79. The molecule has 120 valence electrons. The lowest BCUT2D eigenvalue weighted by Gasteiger charge is -2.30. The molecule has 0 saturated carbocycles. The molecular weight excluding hydrogens is 292 g/mol. The normalized spacial score (nSPS) is 20.4. The van der Waals surface area contributed by atoms with Crippen LogP contribution in [0.1, 0.15) is 19.8 Å². The molecule has 1 atom stereocenters. The fraction of sp³-hybridized carbons (Fsp3) is 0.769. The van der Waals surface area contributed by atoms with E-state index in [2.05, 4.69) is 5.10 Å². The molecule has 21 heavy (non-hydrogen) atoms. The van der Waals surface area contributed by atoms with E-state index < -0.39 is 10.2 Å². The van der Waals surface area contributed by atoms with E-state index in [-0.39, 0.29) is 6.04 Å². The first-order chi connectivity index (χ1) is 10.1. The zero-order valence-corrected chi connectivity index (χ0v) is 13.5. The molecule has 2 rings (SSSR count). The van der Waals surface area contributed by atoms with E-state index in [1.165, 1.54) is 4.31 Å². The molecule has 1 aromatic heterocycles. The fourth-order valence-corrected chi connectivity index (χ4v) is 4.54. The van der Waals surface area contributed by atoms with E-state index in [1.54, 1.807) is 22.3 Å². The second-order valence-corrected chi connectivity index (χ2v) is 7.01. The number of hydrogen-bond acceptors (Lipinski definition) is 4. The molecule has 1 aliphatic rings. The highest BCUT2D eigenvalue weighted by Gasteiger charge is 2.37. The van der Waals surface area contributed by atoms with Crippen LogP contribution < -0.4 is 0 Å². The van der Waals surface area contributed by atoms with Gasteiger partial charge in [-0.3, -0.25) is 4.68 Å². The minimum Gasteiger partial charge on any atom is -0.383 e. The monoisotopic (exact) mass is 316 g/mol. The topological polar surface area (TPSA) is 67.7 Å². The molecule has 0 amide bonds. The van der Waals surface area contributed by atoms with Crippen LogP contribution in [0.25, 0.3) is 0 Å². The zero-order valence-electron chi connectivity index (χ0n) is 12.7. The highest BCUT2D eigenvalue weighted by atomic mass is 32.2. The Morgan fingerprint density at radius 3 is 2.90 bits per heavy atom. The Labute approximate surface area is 126 Å². The Kier molecular flexibility index (Phi) is 5.74. The first-order valence-electron chi connectivity index (χ1n) is 7.33. The van der Waals surface area contributed by atoms with E-state index in [9.17, 15) is 8.42 Å². The summed E-state index contributed by atoms with van der Waals surface area (Å²) in [5.41, 5.74) is 0.